The lowest BCUT2D eigenvalue weighted by Gasteiger charge is -2.17. The van der Waals surface area contributed by atoms with Crippen LogP contribution in [0.1, 0.15) is 17.0 Å². The summed E-state index contributed by atoms with van der Waals surface area (Å²) in [6.07, 6.45) is -2.80. The van der Waals surface area contributed by atoms with Crippen LogP contribution in [-0.2, 0) is 11.3 Å². The van der Waals surface area contributed by atoms with E-state index in [9.17, 15) is 13.2 Å². The zero-order chi connectivity index (χ0) is 23.6. The van der Waals surface area contributed by atoms with Gasteiger partial charge in [-0.3, -0.25) is 4.98 Å². The molecule has 33 heavy (non-hydrogen) atoms. The topological polar surface area (TPSA) is 93.3 Å². The summed E-state index contributed by atoms with van der Waals surface area (Å²) in [4.78, 5) is 4.02. The summed E-state index contributed by atoms with van der Waals surface area (Å²) in [5.74, 6) is 0.0589. The van der Waals surface area contributed by atoms with Gasteiger partial charge < -0.3 is 24.5 Å². The minimum atomic E-state index is -4.83. The second-order valence-electron chi connectivity index (χ2n) is 6.65. The van der Waals surface area contributed by atoms with Gasteiger partial charge in [0, 0.05) is 19.5 Å². The van der Waals surface area contributed by atoms with Crippen molar-refractivity contribution in [2.24, 2.45) is 0 Å². The molecule has 0 unspecified atom stereocenters. The van der Waals surface area contributed by atoms with Gasteiger partial charge in [0.25, 0.3) is 0 Å². The molecule has 2 aromatic heterocycles. The van der Waals surface area contributed by atoms with Gasteiger partial charge in [0.2, 0.25) is 0 Å². The van der Waals surface area contributed by atoms with E-state index in [1.807, 2.05) is 0 Å². The Kier molecular flexibility index (Phi) is 6.51. The molecule has 7 nitrogen and oxygen atoms in total. The van der Waals surface area contributed by atoms with E-state index in [0.717, 1.165) is 0 Å². The van der Waals surface area contributed by atoms with E-state index in [0.29, 0.717) is 23.2 Å². The summed E-state index contributed by atoms with van der Waals surface area (Å²) in [5.41, 5.74) is -0.589. The maximum Gasteiger partial charge on any atom is 0.431 e. The Balaban J connectivity index is 1.90. The third kappa shape index (κ3) is 4.50. The lowest BCUT2D eigenvalue weighted by atomic mass is 10.0. The fraction of sp³-hybridized carbons (Fsp3) is 0.143. The van der Waals surface area contributed by atoms with E-state index in [-0.39, 0.29) is 42.5 Å². The monoisotopic (exact) mass is 494 g/mol. The molecule has 1 aliphatic rings. The Morgan fingerprint density at radius 1 is 1.24 bits per heavy atom. The van der Waals surface area contributed by atoms with Gasteiger partial charge in [0.05, 0.1) is 34.0 Å². The molecular formula is C21H15ClF3N4O3P. The minimum Gasteiger partial charge on any atom is -0.436 e. The highest BCUT2D eigenvalue weighted by molar-refractivity contribution is 7.36. The fourth-order valence-electron chi connectivity index (χ4n) is 3.21. The van der Waals surface area contributed by atoms with Crippen molar-refractivity contribution in [2.45, 2.75) is 12.7 Å². The molecule has 1 aromatic carbocycles. The van der Waals surface area contributed by atoms with Crippen molar-refractivity contribution in [1.29, 1.82) is 5.41 Å². The summed E-state index contributed by atoms with van der Waals surface area (Å²) in [6.45, 7) is -0.222. The molecule has 0 aliphatic carbocycles. The van der Waals surface area contributed by atoms with Crippen molar-refractivity contribution < 1.29 is 27.0 Å². The van der Waals surface area contributed by atoms with Gasteiger partial charge in [-0.25, -0.2) is 0 Å². The van der Waals surface area contributed by atoms with Crippen molar-refractivity contribution in [1.82, 2.24) is 15.5 Å². The number of ether oxygens (including phenoxy) is 1. The standard InChI is InChI=1S/C21H15ClF3N4O3P/c1-30-20-16-17(15-13(22)6-4-7-14(15)32-33-20)29-31-18(16)12(9-26)19(21(23,24)25)28-10-11-5-2-3-8-27-11/h2-9,26,28H,10H2,1H3/b19-12+,26-9?. The molecule has 0 bridgehead atoms. The third-order valence-corrected chi connectivity index (χ3v) is 5.83. The van der Waals surface area contributed by atoms with Crippen LogP contribution >= 0.6 is 20.0 Å². The Bertz CT molecular complexity index is 1260. The van der Waals surface area contributed by atoms with Gasteiger partial charge >= 0.3 is 6.18 Å². The number of benzene rings is 1. The maximum absolute atomic E-state index is 14.1. The van der Waals surface area contributed by atoms with Gasteiger partial charge in [0.15, 0.2) is 19.7 Å². The van der Waals surface area contributed by atoms with Crippen molar-refractivity contribution in [3.63, 3.8) is 0 Å². The van der Waals surface area contributed by atoms with Crippen LogP contribution in [0.5, 0.6) is 5.75 Å². The van der Waals surface area contributed by atoms with Crippen molar-refractivity contribution >= 4 is 37.3 Å². The van der Waals surface area contributed by atoms with Gasteiger partial charge in [-0.05, 0) is 24.3 Å². The molecule has 0 amide bonds. The van der Waals surface area contributed by atoms with E-state index < -0.39 is 17.4 Å². The Morgan fingerprint density at radius 2 is 2.06 bits per heavy atom. The van der Waals surface area contributed by atoms with Crippen molar-refractivity contribution in [3.05, 3.63) is 70.3 Å². The molecule has 0 fully saturated rings. The van der Waals surface area contributed by atoms with Gasteiger partial charge in [-0.15, -0.1) is 0 Å². The molecule has 4 rings (SSSR count). The third-order valence-electron chi connectivity index (χ3n) is 4.65. The fourth-order valence-corrected chi connectivity index (χ4v) is 4.17. The first kappa shape index (κ1) is 23.0. The van der Waals surface area contributed by atoms with E-state index >= 15 is 0 Å². The summed E-state index contributed by atoms with van der Waals surface area (Å²) in [5, 5.41) is 14.4. The second kappa shape index (κ2) is 9.35. The number of pyridine rings is 1. The zero-order valence-electron chi connectivity index (χ0n) is 16.9. The van der Waals surface area contributed by atoms with Crippen LogP contribution in [0, 0.1) is 5.41 Å². The largest absolute Gasteiger partial charge is 0.436 e. The molecule has 170 valence electrons. The Morgan fingerprint density at radius 3 is 2.73 bits per heavy atom. The number of methoxy groups -OCH3 is 1. The highest BCUT2D eigenvalue weighted by Crippen LogP contribution is 2.45. The summed E-state index contributed by atoms with van der Waals surface area (Å²) < 4.78 is 58.6. The molecule has 0 saturated heterocycles. The summed E-state index contributed by atoms with van der Waals surface area (Å²) in [7, 11) is 1.54. The number of halogens is 4. The molecule has 12 heteroatoms. The molecule has 3 heterocycles. The molecular weight excluding hydrogens is 480 g/mol. The van der Waals surface area contributed by atoms with Crippen molar-refractivity contribution in [2.75, 3.05) is 7.11 Å². The van der Waals surface area contributed by atoms with Crippen molar-refractivity contribution in [3.8, 4) is 17.0 Å². The average Bonchev–Trinajstić information content (AvgIpc) is 3.13. The smallest absolute Gasteiger partial charge is 0.431 e. The molecule has 3 aromatic rings. The van der Waals surface area contributed by atoms with Crippen LogP contribution in [0.4, 0.5) is 13.2 Å². The molecule has 1 aliphatic heterocycles. The number of hydrogen-bond donors (Lipinski definition) is 2. The highest BCUT2D eigenvalue weighted by Gasteiger charge is 2.39. The van der Waals surface area contributed by atoms with E-state index in [1.54, 1.807) is 36.4 Å². The molecule has 0 saturated carbocycles. The van der Waals surface area contributed by atoms with Gasteiger partial charge in [-0.2, -0.15) is 13.2 Å². The number of nitrogens with zero attached hydrogens (tertiary/aromatic N) is 2. The SMILES string of the molecule is COC1=POc2cccc(Cl)c2-c2noc(/C(C=N)=C(/NCc3ccccn3)C(F)(F)F)c21. The summed E-state index contributed by atoms with van der Waals surface area (Å²) in [6, 6.07) is 9.81. The number of nitrogens with one attached hydrogen (secondary N) is 2. The van der Waals surface area contributed by atoms with Crippen LogP contribution in [0.3, 0.4) is 0 Å². The van der Waals surface area contributed by atoms with E-state index in [4.69, 9.17) is 30.8 Å². The normalized spacial score (nSPS) is 14.2. The van der Waals surface area contributed by atoms with Crippen LogP contribution in [-0.4, -0.2) is 35.1 Å². The number of rotatable bonds is 6. The average molecular weight is 495 g/mol. The lowest BCUT2D eigenvalue weighted by molar-refractivity contribution is -0.0962. The molecule has 2 N–H and O–H groups in total. The predicted molar refractivity (Wildman–Crippen MR) is 118 cm³/mol. The first-order chi connectivity index (χ1) is 15.8. The summed E-state index contributed by atoms with van der Waals surface area (Å²) >= 11 is 6.34. The molecule has 0 atom stereocenters. The molecule has 0 radical (unpaired) electrons. The first-order valence-electron chi connectivity index (χ1n) is 9.39. The first-order valence-corrected chi connectivity index (χ1v) is 10.6. The second-order valence-corrected chi connectivity index (χ2v) is 7.82. The van der Waals surface area contributed by atoms with Crippen LogP contribution in [0.25, 0.3) is 16.8 Å². The number of fused-ring (bicyclic) bond motifs is 3. The van der Waals surface area contributed by atoms with Gasteiger partial charge in [0.1, 0.15) is 17.1 Å². The Labute approximate surface area is 192 Å². The van der Waals surface area contributed by atoms with Crippen LogP contribution in [0.15, 0.2) is 52.8 Å². The zero-order valence-corrected chi connectivity index (χ0v) is 18.6. The van der Waals surface area contributed by atoms with Gasteiger partial charge in [-0.1, -0.05) is 28.9 Å². The molecule has 0 spiro atoms. The predicted octanol–water partition coefficient (Wildman–Crippen LogP) is 5.48. The number of alkyl halides is 3. The number of aromatic nitrogens is 2. The van der Waals surface area contributed by atoms with Crippen LogP contribution in [0.2, 0.25) is 5.02 Å². The number of hydrogen-bond acceptors (Lipinski definition) is 7. The Hall–Kier alpha value is -3.20. The minimum absolute atomic E-state index is 0.117. The van der Waals surface area contributed by atoms with Crippen LogP contribution < -0.4 is 9.84 Å². The lowest BCUT2D eigenvalue weighted by Crippen LogP contribution is -2.28. The van der Waals surface area contributed by atoms with E-state index in [1.165, 1.54) is 13.3 Å². The quantitative estimate of drug-likeness (QED) is 0.348. The maximum atomic E-state index is 14.1. The highest BCUT2D eigenvalue weighted by atomic mass is 35.5. The number of allylic oxidation sites excluding steroid dienone is 2. The van der Waals surface area contributed by atoms with E-state index in [2.05, 4.69) is 15.5 Å².